The Morgan fingerprint density at radius 3 is 2.52 bits per heavy atom. The van der Waals surface area contributed by atoms with E-state index >= 15 is 0 Å². The predicted molar refractivity (Wildman–Crippen MR) is 95.2 cm³/mol. The third-order valence-corrected chi connectivity index (χ3v) is 4.00. The molecule has 0 radical (unpaired) electrons. The normalized spacial score (nSPS) is 11.6. The number of halogens is 3. The van der Waals surface area contributed by atoms with E-state index in [1.54, 1.807) is 24.3 Å². The first-order chi connectivity index (χ1) is 12.7. The number of aryl methyl sites for hydroxylation is 1. The van der Waals surface area contributed by atoms with E-state index in [1.165, 1.54) is 13.1 Å². The number of carbonyl (C=O) groups is 1. The van der Waals surface area contributed by atoms with Crippen molar-refractivity contribution < 1.29 is 18.0 Å². The molecule has 1 heterocycles. The van der Waals surface area contributed by atoms with Crippen molar-refractivity contribution in [1.82, 2.24) is 9.78 Å². The summed E-state index contributed by atoms with van der Waals surface area (Å²) in [5.41, 5.74) is 3.91. The fourth-order valence-corrected chi connectivity index (χ4v) is 2.74. The average Bonchev–Trinajstić information content (AvgIpc) is 2.60. The molecule has 0 aliphatic rings. The summed E-state index contributed by atoms with van der Waals surface area (Å²) in [4.78, 5) is 24.4. The number of fused-ring (bicyclic) bond motifs is 1. The van der Waals surface area contributed by atoms with Crippen LogP contribution in [0.2, 0.25) is 0 Å². The van der Waals surface area contributed by atoms with Gasteiger partial charge in [0.1, 0.15) is 0 Å². The van der Waals surface area contributed by atoms with Crippen LogP contribution in [0.4, 0.5) is 24.5 Å². The second kappa shape index (κ2) is 6.75. The molecule has 2 aromatic carbocycles. The summed E-state index contributed by atoms with van der Waals surface area (Å²) in [7, 11) is 1.46. The van der Waals surface area contributed by atoms with E-state index in [2.05, 4.69) is 10.4 Å². The molecule has 27 heavy (non-hydrogen) atoms. The van der Waals surface area contributed by atoms with Crippen LogP contribution in [-0.4, -0.2) is 15.7 Å². The summed E-state index contributed by atoms with van der Waals surface area (Å²) in [6, 6.07) is 9.83. The van der Waals surface area contributed by atoms with Crippen molar-refractivity contribution >= 4 is 28.1 Å². The maximum absolute atomic E-state index is 12.9. The Bertz CT molecular complexity index is 1090. The van der Waals surface area contributed by atoms with Gasteiger partial charge in [-0.1, -0.05) is 18.2 Å². The van der Waals surface area contributed by atoms with Crippen molar-refractivity contribution in [3.63, 3.8) is 0 Å². The number of rotatable bonds is 3. The number of anilines is 2. The summed E-state index contributed by atoms with van der Waals surface area (Å²) in [5.74, 6) is -0.566. The third kappa shape index (κ3) is 3.76. The van der Waals surface area contributed by atoms with E-state index < -0.39 is 23.3 Å². The molecule has 0 spiro atoms. The van der Waals surface area contributed by atoms with Crippen LogP contribution in [0.25, 0.3) is 10.8 Å². The number of hydrogen-bond acceptors (Lipinski definition) is 4. The van der Waals surface area contributed by atoms with Crippen molar-refractivity contribution in [2.75, 3.05) is 11.1 Å². The summed E-state index contributed by atoms with van der Waals surface area (Å²) in [6.45, 7) is 0. The second-order valence-corrected chi connectivity index (χ2v) is 5.95. The van der Waals surface area contributed by atoms with Gasteiger partial charge in [-0.2, -0.15) is 18.3 Å². The lowest BCUT2D eigenvalue weighted by Crippen LogP contribution is -2.24. The number of aromatic nitrogens is 2. The number of carbonyl (C=O) groups excluding carboxylic acids is 1. The molecule has 0 aliphatic carbocycles. The number of hydrogen-bond donors (Lipinski definition) is 2. The van der Waals surface area contributed by atoms with E-state index in [-0.39, 0.29) is 17.7 Å². The zero-order chi connectivity index (χ0) is 19.8. The highest BCUT2D eigenvalue weighted by molar-refractivity contribution is 5.95. The molecule has 0 saturated heterocycles. The molecule has 3 N–H and O–H groups in total. The molecular weight excluding hydrogens is 361 g/mol. The van der Waals surface area contributed by atoms with Crippen LogP contribution in [0.3, 0.4) is 0 Å². The molecule has 9 heteroatoms. The van der Waals surface area contributed by atoms with Gasteiger partial charge in [0.25, 0.3) is 5.56 Å². The number of nitrogens with one attached hydrogen (secondary N) is 1. The van der Waals surface area contributed by atoms with E-state index in [1.807, 2.05) is 0 Å². The van der Waals surface area contributed by atoms with E-state index in [0.717, 1.165) is 16.8 Å². The van der Waals surface area contributed by atoms with Crippen LogP contribution in [0.1, 0.15) is 11.3 Å². The van der Waals surface area contributed by atoms with Crippen LogP contribution in [-0.2, 0) is 24.4 Å². The maximum Gasteiger partial charge on any atom is 0.418 e. The van der Waals surface area contributed by atoms with Gasteiger partial charge in [-0.15, -0.1) is 0 Å². The number of nitrogen functional groups attached to an aromatic ring is 1. The Morgan fingerprint density at radius 1 is 1.19 bits per heavy atom. The number of alkyl halides is 3. The first kappa shape index (κ1) is 18.4. The molecule has 140 valence electrons. The molecule has 0 bridgehead atoms. The Morgan fingerprint density at radius 2 is 1.85 bits per heavy atom. The smallest absolute Gasteiger partial charge is 0.398 e. The van der Waals surface area contributed by atoms with Gasteiger partial charge in [-0.3, -0.25) is 9.59 Å². The standard InChI is InChI=1S/C18H15F3N4O2/c1-25-17(27)12-5-3-2-4-11(12)15(24-25)9-16(26)23-10-6-7-14(22)13(8-10)18(19,20)21/h2-8H,9,22H2,1H3,(H,23,26). The molecule has 1 aromatic heterocycles. The molecule has 0 unspecified atom stereocenters. The first-order valence-electron chi connectivity index (χ1n) is 7.88. The van der Waals surface area contributed by atoms with Crippen LogP contribution < -0.4 is 16.6 Å². The Hall–Kier alpha value is -3.36. The zero-order valence-corrected chi connectivity index (χ0v) is 14.2. The van der Waals surface area contributed by atoms with Crippen molar-refractivity contribution in [1.29, 1.82) is 0 Å². The Kier molecular flexibility index (Phi) is 4.61. The lowest BCUT2D eigenvalue weighted by Gasteiger charge is -2.13. The monoisotopic (exact) mass is 376 g/mol. The number of nitrogens with zero attached hydrogens (tertiary/aromatic N) is 2. The molecule has 0 atom stereocenters. The molecule has 0 saturated carbocycles. The van der Waals surface area contributed by atoms with Crippen LogP contribution in [0.15, 0.2) is 47.3 Å². The minimum Gasteiger partial charge on any atom is -0.398 e. The molecule has 1 amide bonds. The first-order valence-corrected chi connectivity index (χ1v) is 7.88. The fourth-order valence-electron chi connectivity index (χ4n) is 2.74. The third-order valence-electron chi connectivity index (χ3n) is 4.00. The lowest BCUT2D eigenvalue weighted by molar-refractivity contribution is -0.136. The molecular formula is C18H15F3N4O2. The van der Waals surface area contributed by atoms with E-state index in [9.17, 15) is 22.8 Å². The summed E-state index contributed by atoms with van der Waals surface area (Å²) >= 11 is 0. The molecule has 3 rings (SSSR count). The minimum atomic E-state index is -4.62. The van der Waals surface area contributed by atoms with E-state index in [4.69, 9.17) is 5.73 Å². The van der Waals surface area contributed by atoms with Gasteiger partial charge in [0.15, 0.2) is 0 Å². The quantitative estimate of drug-likeness (QED) is 0.688. The van der Waals surface area contributed by atoms with Crippen LogP contribution in [0.5, 0.6) is 0 Å². The number of amides is 1. The molecule has 6 nitrogen and oxygen atoms in total. The van der Waals surface area contributed by atoms with Gasteiger partial charge in [0, 0.05) is 23.8 Å². The van der Waals surface area contributed by atoms with Gasteiger partial charge < -0.3 is 11.1 Å². The Labute approximate surface area is 151 Å². The highest BCUT2D eigenvalue weighted by Gasteiger charge is 2.33. The van der Waals surface area contributed by atoms with Crippen LogP contribution >= 0.6 is 0 Å². The van der Waals surface area contributed by atoms with Gasteiger partial charge in [0.2, 0.25) is 5.91 Å². The van der Waals surface area contributed by atoms with Gasteiger partial charge >= 0.3 is 6.18 Å². The largest absolute Gasteiger partial charge is 0.418 e. The summed E-state index contributed by atoms with van der Waals surface area (Å²) in [6.07, 6.45) is -4.83. The van der Waals surface area contributed by atoms with Gasteiger partial charge in [-0.25, -0.2) is 4.68 Å². The topological polar surface area (TPSA) is 90.0 Å². The number of benzene rings is 2. The molecule has 3 aromatic rings. The lowest BCUT2D eigenvalue weighted by atomic mass is 10.1. The van der Waals surface area contributed by atoms with Crippen molar-refractivity contribution in [2.24, 2.45) is 7.05 Å². The predicted octanol–water partition coefficient (Wildman–Crippen LogP) is 2.72. The molecule has 0 aliphatic heterocycles. The number of nitrogens with two attached hydrogens (primary N) is 1. The second-order valence-electron chi connectivity index (χ2n) is 5.95. The van der Waals surface area contributed by atoms with Gasteiger partial charge in [-0.05, 0) is 24.3 Å². The fraction of sp³-hybridized carbons (Fsp3) is 0.167. The minimum absolute atomic E-state index is 0.0318. The maximum atomic E-state index is 12.9. The van der Waals surface area contributed by atoms with Crippen molar-refractivity contribution in [2.45, 2.75) is 12.6 Å². The molecule has 0 fully saturated rings. The van der Waals surface area contributed by atoms with Crippen molar-refractivity contribution in [3.8, 4) is 0 Å². The van der Waals surface area contributed by atoms with Crippen molar-refractivity contribution in [3.05, 3.63) is 64.1 Å². The summed E-state index contributed by atoms with van der Waals surface area (Å²) in [5, 5.41) is 7.43. The highest BCUT2D eigenvalue weighted by Crippen LogP contribution is 2.35. The Balaban J connectivity index is 1.89. The average molecular weight is 376 g/mol. The zero-order valence-electron chi connectivity index (χ0n) is 14.2. The van der Waals surface area contributed by atoms with Crippen LogP contribution in [0, 0.1) is 0 Å². The SMILES string of the molecule is Cn1nc(CC(=O)Nc2ccc(N)c(C(F)(F)F)c2)c2ccccc2c1=O. The summed E-state index contributed by atoms with van der Waals surface area (Å²) < 4.78 is 39.9. The van der Waals surface area contributed by atoms with Gasteiger partial charge in [0.05, 0.1) is 23.1 Å². The van der Waals surface area contributed by atoms with E-state index in [0.29, 0.717) is 16.5 Å². The highest BCUT2D eigenvalue weighted by atomic mass is 19.4.